The quantitative estimate of drug-likeness (QED) is 0.456. The zero-order chi connectivity index (χ0) is 24.2. The summed E-state index contributed by atoms with van der Waals surface area (Å²) >= 11 is 0.651. The first-order valence-corrected chi connectivity index (χ1v) is 11.8. The molecule has 0 aliphatic carbocycles. The topological polar surface area (TPSA) is 90.4 Å². The van der Waals surface area contributed by atoms with Gasteiger partial charge in [0, 0.05) is 24.1 Å². The molecule has 1 aromatic carbocycles. The van der Waals surface area contributed by atoms with Gasteiger partial charge in [0.15, 0.2) is 0 Å². The van der Waals surface area contributed by atoms with Gasteiger partial charge >= 0.3 is 12.1 Å². The Hall–Kier alpha value is -2.40. The molecule has 0 bridgehead atoms. The Labute approximate surface area is 195 Å². The van der Waals surface area contributed by atoms with Crippen molar-refractivity contribution in [2.45, 2.75) is 58.2 Å². The number of nitrogens with one attached hydrogen (secondary N) is 2. The van der Waals surface area contributed by atoms with Crippen molar-refractivity contribution in [3.8, 4) is 0 Å². The second-order valence-corrected chi connectivity index (χ2v) is 9.60. The predicted octanol–water partition coefficient (Wildman–Crippen LogP) is 5.09. The molecule has 3 N–H and O–H groups in total. The number of halogens is 3. The van der Waals surface area contributed by atoms with Crippen molar-refractivity contribution in [3.63, 3.8) is 0 Å². The summed E-state index contributed by atoms with van der Waals surface area (Å²) in [5, 5.41) is 15.6. The van der Waals surface area contributed by atoms with Crippen molar-refractivity contribution in [1.82, 2.24) is 14.7 Å². The van der Waals surface area contributed by atoms with Crippen molar-refractivity contribution in [3.05, 3.63) is 29.6 Å². The Morgan fingerprint density at radius 2 is 2.00 bits per heavy atom. The van der Waals surface area contributed by atoms with Gasteiger partial charge in [-0.25, -0.2) is 0 Å². The minimum absolute atomic E-state index is 0.0418. The van der Waals surface area contributed by atoms with E-state index in [4.69, 9.17) is 0 Å². The van der Waals surface area contributed by atoms with Crippen LogP contribution in [-0.2, 0) is 11.0 Å². The molecule has 1 atom stereocenters. The smallest absolute Gasteiger partial charge is 0.452 e. The second kappa shape index (κ2) is 10.7. The molecule has 2 heterocycles. The van der Waals surface area contributed by atoms with Gasteiger partial charge in [-0.3, -0.25) is 4.79 Å². The number of hydrogen-bond acceptors (Lipinski definition) is 7. The fraction of sp³-hybridized carbons (Fsp3) is 0.591. The summed E-state index contributed by atoms with van der Waals surface area (Å²) in [4.78, 5) is 17.1. The van der Waals surface area contributed by atoms with E-state index in [1.807, 2.05) is 25.1 Å². The number of alkyl halides is 3. The largest absolute Gasteiger partial charge is 0.481 e. The van der Waals surface area contributed by atoms with Crippen LogP contribution in [0.15, 0.2) is 18.2 Å². The van der Waals surface area contributed by atoms with E-state index in [1.54, 1.807) is 0 Å². The molecule has 1 aromatic heterocycles. The molecule has 1 aliphatic rings. The SMILES string of the molecule is CC(C)CN(c1ccc([C@H](C)CC(=O)O)cc1Nc1nc(C(F)(F)F)ns1)C1CCNCC1. The molecule has 2 aromatic rings. The van der Waals surface area contributed by atoms with E-state index in [0.29, 0.717) is 23.1 Å². The number of carbonyl (C=O) groups is 1. The summed E-state index contributed by atoms with van der Waals surface area (Å²) in [5.41, 5.74) is 2.26. The van der Waals surface area contributed by atoms with E-state index < -0.39 is 18.0 Å². The van der Waals surface area contributed by atoms with Gasteiger partial charge in [-0.15, -0.1) is 0 Å². The summed E-state index contributed by atoms with van der Waals surface area (Å²) < 4.78 is 42.5. The van der Waals surface area contributed by atoms with Gasteiger partial charge in [-0.2, -0.15) is 22.5 Å². The number of carboxylic acids is 1. The Morgan fingerprint density at radius 1 is 1.30 bits per heavy atom. The number of hydrogen-bond donors (Lipinski definition) is 3. The third kappa shape index (κ3) is 6.80. The van der Waals surface area contributed by atoms with Crippen molar-refractivity contribution < 1.29 is 23.1 Å². The first kappa shape index (κ1) is 25.2. The average Bonchev–Trinajstić information content (AvgIpc) is 3.21. The lowest BCUT2D eigenvalue weighted by Crippen LogP contribution is -2.45. The number of piperidine rings is 1. The standard InChI is InChI=1S/C22H30F3N5O2S/c1-13(2)12-30(16-6-8-26-9-7-16)18-5-4-15(14(3)10-19(31)32)11-17(18)27-21-28-20(29-33-21)22(23,24)25/h4-5,11,13-14,16,26H,6-10,12H2,1-3H3,(H,31,32)(H,27,28,29)/t14-/m1/s1. The average molecular weight is 486 g/mol. The maximum atomic E-state index is 13.0. The molecule has 0 radical (unpaired) electrons. The zero-order valence-corrected chi connectivity index (χ0v) is 19.8. The van der Waals surface area contributed by atoms with Gasteiger partial charge < -0.3 is 20.6 Å². The van der Waals surface area contributed by atoms with Gasteiger partial charge in [0.2, 0.25) is 11.0 Å². The van der Waals surface area contributed by atoms with E-state index in [2.05, 4.69) is 38.7 Å². The number of carboxylic acid groups (broad SMARTS) is 1. The molecule has 1 aliphatic heterocycles. The van der Waals surface area contributed by atoms with Crippen LogP contribution in [0.3, 0.4) is 0 Å². The van der Waals surface area contributed by atoms with Crippen molar-refractivity contribution in [1.29, 1.82) is 0 Å². The number of nitrogens with zero attached hydrogens (tertiary/aromatic N) is 3. The molecule has 7 nitrogen and oxygen atoms in total. The van der Waals surface area contributed by atoms with E-state index in [1.165, 1.54) is 0 Å². The molecular formula is C22H30F3N5O2S. The molecule has 0 saturated carbocycles. The summed E-state index contributed by atoms with van der Waals surface area (Å²) in [6.07, 6.45) is -2.74. The van der Waals surface area contributed by atoms with Crippen LogP contribution in [0.5, 0.6) is 0 Å². The van der Waals surface area contributed by atoms with Gasteiger partial charge in [0.05, 0.1) is 17.8 Å². The van der Waals surface area contributed by atoms with Crippen LogP contribution >= 0.6 is 11.5 Å². The lowest BCUT2D eigenvalue weighted by Gasteiger charge is -2.38. The summed E-state index contributed by atoms with van der Waals surface area (Å²) in [7, 11) is 0. The number of aliphatic carboxylic acids is 1. The Morgan fingerprint density at radius 3 is 2.58 bits per heavy atom. The number of anilines is 3. The maximum Gasteiger partial charge on any atom is 0.452 e. The Kier molecular flexibility index (Phi) is 8.17. The molecule has 11 heteroatoms. The highest BCUT2D eigenvalue weighted by molar-refractivity contribution is 7.09. The third-order valence-electron chi connectivity index (χ3n) is 5.61. The van der Waals surface area contributed by atoms with Crippen molar-refractivity contribution >= 4 is 34.0 Å². The first-order chi connectivity index (χ1) is 15.5. The van der Waals surface area contributed by atoms with E-state index in [-0.39, 0.29) is 23.5 Å². The predicted molar refractivity (Wildman–Crippen MR) is 123 cm³/mol. The van der Waals surface area contributed by atoms with Crippen LogP contribution < -0.4 is 15.5 Å². The van der Waals surface area contributed by atoms with Crippen molar-refractivity contribution in [2.24, 2.45) is 5.92 Å². The minimum Gasteiger partial charge on any atom is -0.481 e. The lowest BCUT2D eigenvalue weighted by molar-refractivity contribution is -0.144. The summed E-state index contributed by atoms with van der Waals surface area (Å²) in [5.74, 6) is -1.97. The fourth-order valence-electron chi connectivity index (χ4n) is 4.05. The van der Waals surface area contributed by atoms with Crippen LogP contribution in [-0.4, -0.2) is 46.1 Å². The molecule has 0 spiro atoms. The highest BCUT2D eigenvalue weighted by Gasteiger charge is 2.36. The van der Waals surface area contributed by atoms with Crippen LogP contribution in [0.2, 0.25) is 0 Å². The van der Waals surface area contributed by atoms with Crippen molar-refractivity contribution in [2.75, 3.05) is 29.9 Å². The molecular weight excluding hydrogens is 455 g/mol. The molecule has 33 heavy (non-hydrogen) atoms. The number of aromatic nitrogens is 2. The first-order valence-electron chi connectivity index (χ1n) is 11.1. The van der Waals surface area contributed by atoms with Crippen LogP contribution in [0.4, 0.5) is 29.7 Å². The molecule has 3 rings (SSSR count). The highest BCUT2D eigenvalue weighted by atomic mass is 32.1. The van der Waals surface area contributed by atoms with Gasteiger partial charge in [-0.1, -0.05) is 26.8 Å². The molecule has 182 valence electrons. The maximum absolute atomic E-state index is 13.0. The minimum atomic E-state index is -4.62. The van der Waals surface area contributed by atoms with E-state index in [0.717, 1.165) is 43.7 Å². The van der Waals surface area contributed by atoms with E-state index >= 15 is 0 Å². The number of benzene rings is 1. The Balaban J connectivity index is 2.01. The van der Waals surface area contributed by atoms with Crippen LogP contribution in [0.1, 0.15) is 57.3 Å². The van der Waals surface area contributed by atoms with Gasteiger partial charge in [-0.05, 0) is 55.5 Å². The van der Waals surface area contributed by atoms with Crippen LogP contribution in [0, 0.1) is 5.92 Å². The van der Waals surface area contributed by atoms with E-state index in [9.17, 15) is 23.1 Å². The lowest BCUT2D eigenvalue weighted by atomic mass is 9.95. The van der Waals surface area contributed by atoms with Gasteiger partial charge in [0.1, 0.15) is 0 Å². The monoisotopic (exact) mass is 485 g/mol. The fourth-order valence-corrected chi connectivity index (χ4v) is 4.65. The normalized spacial score (nSPS) is 16.1. The Bertz CT molecular complexity index is 944. The molecule has 0 amide bonds. The van der Waals surface area contributed by atoms with Crippen LogP contribution in [0.25, 0.3) is 0 Å². The summed E-state index contributed by atoms with van der Waals surface area (Å²) in [6, 6.07) is 5.96. The second-order valence-electron chi connectivity index (χ2n) is 8.85. The number of rotatable bonds is 9. The third-order valence-corrected chi connectivity index (χ3v) is 6.24. The molecule has 1 fully saturated rings. The molecule has 1 saturated heterocycles. The van der Waals surface area contributed by atoms with Gasteiger partial charge in [0.25, 0.3) is 0 Å². The highest BCUT2D eigenvalue weighted by Crippen LogP contribution is 2.37. The zero-order valence-electron chi connectivity index (χ0n) is 18.9. The summed E-state index contributed by atoms with van der Waals surface area (Å²) in [6.45, 7) is 8.67. The molecule has 0 unspecified atom stereocenters.